The molecule has 3 heterocycles. The van der Waals surface area contributed by atoms with Crippen molar-refractivity contribution in [1.82, 2.24) is 19.9 Å². The molecule has 4 rings (SSSR count). The zero-order valence-corrected chi connectivity index (χ0v) is 14.4. The fraction of sp³-hybridized carbons (Fsp3) is 0.263. The molecule has 4 aromatic rings. The number of amides is 1. The summed E-state index contributed by atoms with van der Waals surface area (Å²) in [6.07, 6.45) is 1.59. The zero-order valence-electron chi connectivity index (χ0n) is 14.4. The maximum atomic E-state index is 12.6. The predicted molar refractivity (Wildman–Crippen MR) is 96.6 cm³/mol. The van der Waals surface area contributed by atoms with E-state index in [2.05, 4.69) is 34.8 Å². The van der Waals surface area contributed by atoms with Gasteiger partial charge >= 0.3 is 0 Å². The molecule has 0 saturated heterocycles. The molecule has 128 valence electrons. The zero-order chi connectivity index (χ0) is 17.6. The van der Waals surface area contributed by atoms with Crippen LogP contribution in [0.3, 0.4) is 0 Å². The summed E-state index contributed by atoms with van der Waals surface area (Å²) in [4.78, 5) is 20.4. The summed E-state index contributed by atoms with van der Waals surface area (Å²) >= 11 is 0. The molecule has 6 heteroatoms. The lowest BCUT2D eigenvalue weighted by atomic mass is 10.2. The number of carbonyl (C=O) groups is 1. The van der Waals surface area contributed by atoms with Crippen LogP contribution < -0.4 is 5.32 Å². The van der Waals surface area contributed by atoms with Crippen LogP contribution in [0.4, 0.5) is 0 Å². The van der Waals surface area contributed by atoms with E-state index < -0.39 is 0 Å². The number of para-hydroxylation sites is 2. The summed E-state index contributed by atoms with van der Waals surface area (Å²) < 4.78 is 7.47. The van der Waals surface area contributed by atoms with Gasteiger partial charge in [-0.2, -0.15) is 0 Å². The lowest BCUT2D eigenvalue weighted by Crippen LogP contribution is -2.29. The van der Waals surface area contributed by atoms with E-state index in [1.807, 2.05) is 25.1 Å². The average molecular weight is 336 g/mol. The van der Waals surface area contributed by atoms with Crippen molar-refractivity contribution < 1.29 is 9.21 Å². The summed E-state index contributed by atoms with van der Waals surface area (Å²) in [5.41, 5.74) is 3.98. The highest BCUT2D eigenvalue weighted by Crippen LogP contribution is 2.25. The van der Waals surface area contributed by atoms with E-state index in [0.29, 0.717) is 11.3 Å². The van der Waals surface area contributed by atoms with Crippen molar-refractivity contribution in [2.75, 3.05) is 0 Å². The monoisotopic (exact) mass is 336 g/mol. The smallest absolute Gasteiger partial charge is 0.268 e. The van der Waals surface area contributed by atoms with E-state index in [9.17, 15) is 4.79 Å². The standard InChI is InChI=1S/C19H20N4O2/c1-11(2)23-16-7-5-4-6-13(16)22-18(23)12(3)20-19(24)15-10-17-14(21-15)8-9-25-17/h4-12,21H,1-3H3,(H,20,24)/t12-/m1/s1. The SMILES string of the molecule is CC(C)n1c([C@@H](C)NC(=O)c2cc3occc3[nH]2)nc2ccccc21. The highest BCUT2D eigenvalue weighted by Gasteiger charge is 2.21. The molecule has 0 bridgehead atoms. The van der Waals surface area contributed by atoms with Gasteiger partial charge in [-0.25, -0.2) is 4.98 Å². The Balaban J connectivity index is 1.65. The van der Waals surface area contributed by atoms with Crippen molar-refractivity contribution in [3.63, 3.8) is 0 Å². The number of carbonyl (C=O) groups excluding carboxylic acids is 1. The molecule has 2 N–H and O–H groups in total. The first-order chi connectivity index (χ1) is 12.0. The van der Waals surface area contributed by atoms with Crippen LogP contribution in [0.1, 0.15) is 49.2 Å². The molecule has 25 heavy (non-hydrogen) atoms. The molecule has 0 radical (unpaired) electrons. The number of aromatic nitrogens is 3. The molecule has 0 aliphatic carbocycles. The molecule has 1 amide bonds. The number of nitrogens with one attached hydrogen (secondary N) is 2. The van der Waals surface area contributed by atoms with Gasteiger partial charge < -0.3 is 19.3 Å². The predicted octanol–water partition coefficient (Wildman–Crippen LogP) is 4.18. The highest BCUT2D eigenvalue weighted by atomic mass is 16.3. The fourth-order valence-corrected chi connectivity index (χ4v) is 3.22. The van der Waals surface area contributed by atoms with E-state index >= 15 is 0 Å². The van der Waals surface area contributed by atoms with Crippen LogP contribution in [-0.2, 0) is 0 Å². The normalized spacial score (nSPS) is 13.0. The van der Waals surface area contributed by atoms with Gasteiger partial charge in [0.2, 0.25) is 0 Å². The molecule has 6 nitrogen and oxygen atoms in total. The van der Waals surface area contributed by atoms with Crippen molar-refractivity contribution >= 4 is 28.0 Å². The van der Waals surface area contributed by atoms with Crippen LogP contribution in [-0.4, -0.2) is 20.4 Å². The van der Waals surface area contributed by atoms with E-state index in [1.165, 1.54) is 0 Å². The maximum Gasteiger partial charge on any atom is 0.268 e. The Morgan fingerprint density at radius 1 is 1.24 bits per heavy atom. The van der Waals surface area contributed by atoms with Gasteiger partial charge in [0.1, 0.15) is 11.5 Å². The fourth-order valence-electron chi connectivity index (χ4n) is 3.22. The third-order valence-corrected chi connectivity index (χ3v) is 4.36. The second-order valence-corrected chi connectivity index (χ2v) is 6.50. The van der Waals surface area contributed by atoms with Crippen LogP contribution in [0.5, 0.6) is 0 Å². The first kappa shape index (κ1) is 15.5. The Hall–Kier alpha value is -3.02. The van der Waals surface area contributed by atoms with Crippen molar-refractivity contribution in [2.45, 2.75) is 32.9 Å². The third-order valence-electron chi connectivity index (χ3n) is 4.36. The number of hydrogen-bond donors (Lipinski definition) is 2. The second kappa shape index (κ2) is 5.81. The van der Waals surface area contributed by atoms with Gasteiger partial charge in [-0.15, -0.1) is 0 Å². The Labute approximate surface area is 144 Å². The molecule has 1 atom stereocenters. The van der Waals surface area contributed by atoms with Crippen molar-refractivity contribution in [3.05, 3.63) is 54.2 Å². The van der Waals surface area contributed by atoms with Gasteiger partial charge in [-0.05, 0) is 32.9 Å². The molecule has 3 aromatic heterocycles. The molecule has 0 aliphatic heterocycles. The van der Waals surface area contributed by atoms with Crippen LogP contribution in [0.2, 0.25) is 0 Å². The Bertz CT molecular complexity index is 1030. The maximum absolute atomic E-state index is 12.6. The number of imidazole rings is 1. The minimum absolute atomic E-state index is 0.179. The minimum Gasteiger partial charge on any atom is -0.463 e. The second-order valence-electron chi connectivity index (χ2n) is 6.50. The summed E-state index contributed by atoms with van der Waals surface area (Å²) in [5, 5.41) is 3.02. The number of nitrogens with zero attached hydrogens (tertiary/aromatic N) is 2. The van der Waals surface area contributed by atoms with E-state index in [-0.39, 0.29) is 18.0 Å². The van der Waals surface area contributed by atoms with Crippen LogP contribution in [0.25, 0.3) is 22.1 Å². The number of furan rings is 1. The molecule has 0 fully saturated rings. The molecule has 0 spiro atoms. The highest BCUT2D eigenvalue weighted by molar-refractivity contribution is 5.97. The summed E-state index contributed by atoms with van der Waals surface area (Å²) in [5.74, 6) is 0.668. The summed E-state index contributed by atoms with van der Waals surface area (Å²) in [6, 6.07) is 11.6. The van der Waals surface area contributed by atoms with Crippen molar-refractivity contribution in [2.24, 2.45) is 0 Å². The quantitative estimate of drug-likeness (QED) is 0.587. The molecule has 0 saturated carbocycles. The Morgan fingerprint density at radius 2 is 2.04 bits per heavy atom. The van der Waals surface area contributed by atoms with Crippen molar-refractivity contribution in [3.8, 4) is 0 Å². The Morgan fingerprint density at radius 3 is 2.80 bits per heavy atom. The van der Waals surface area contributed by atoms with E-state index in [4.69, 9.17) is 9.40 Å². The molecule has 0 aliphatic rings. The molecule has 0 unspecified atom stereocenters. The topological polar surface area (TPSA) is 75.8 Å². The van der Waals surface area contributed by atoms with Gasteiger partial charge in [-0.3, -0.25) is 4.79 Å². The van der Waals surface area contributed by atoms with Crippen LogP contribution >= 0.6 is 0 Å². The van der Waals surface area contributed by atoms with Gasteiger partial charge in [0.25, 0.3) is 5.91 Å². The first-order valence-corrected chi connectivity index (χ1v) is 8.38. The number of hydrogen-bond acceptors (Lipinski definition) is 3. The minimum atomic E-state index is -0.225. The number of benzene rings is 1. The average Bonchev–Trinajstić information content (AvgIpc) is 3.26. The van der Waals surface area contributed by atoms with Gasteiger partial charge in [0.05, 0.1) is 28.9 Å². The molecular formula is C19H20N4O2. The molecular weight excluding hydrogens is 316 g/mol. The molecule has 1 aromatic carbocycles. The number of fused-ring (bicyclic) bond motifs is 2. The third kappa shape index (κ3) is 2.59. The van der Waals surface area contributed by atoms with Crippen molar-refractivity contribution in [1.29, 1.82) is 0 Å². The van der Waals surface area contributed by atoms with Crippen LogP contribution in [0.15, 0.2) is 47.1 Å². The van der Waals surface area contributed by atoms with Gasteiger partial charge in [0.15, 0.2) is 5.58 Å². The largest absolute Gasteiger partial charge is 0.463 e. The first-order valence-electron chi connectivity index (χ1n) is 8.38. The van der Waals surface area contributed by atoms with E-state index in [1.54, 1.807) is 18.4 Å². The van der Waals surface area contributed by atoms with E-state index in [0.717, 1.165) is 22.4 Å². The van der Waals surface area contributed by atoms with Gasteiger partial charge in [-0.1, -0.05) is 12.1 Å². The lowest BCUT2D eigenvalue weighted by Gasteiger charge is -2.18. The number of rotatable bonds is 4. The summed E-state index contributed by atoms with van der Waals surface area (Å²) in [7, 11) is 0. The Kier molecular flexibility index (Phi) is 3.60. The summed E-state index contributed by atoms with van der Waals surface area (Å²) in [6.45, 7) is 6.18. The number of H-pyrrole nitrogens is 1. The van der Waals surface area contributed by atoms with Crippen LogP contribution in [0, 0.1) is 0 Å². The lowest BCUT2D eigenvalue weighted by molar-refractivity contribution is 0.0933. The van der Waals surface area contributed by atoms with Gasteiger partial charge in [0, 0.05) is 18.2 Å². The number of aromatic amines is 1.